The molecule has 3 nitrogen and oxygen atoms in total. The molecular formula is C4H7N3. The van der Waals surface area contributed by atoms with Crippen LogP contribution in [0.5, 0.6) is 0 Å². The minimum atomic E-state index is -2.18. The monoisotopic (exact) mass is 100 g/mol. The number of imidazole rings is 1. The second-order valence-corrected chi connectivity index (χ2v) is 1.19. The van der Waals surface area contributed by atoms with Gasteiger partial charge in [-0.25, -0.2) is 4.98 Å². The Hall–Kier alpha value is -0.990. The van der Waals surface area contributed by atoms with E-state index in [1.54, 1.807) is 0 Å². The van der Waals surface area contributed by atoms with Crippen molar-refractivity contribution in [2.24, 2.45) is 0 Å². The molecule has 0 spiro atoms. The van der Waals surface area contributed by atoms with E-state index in [0.717, 1.165) is 0 Å². The number of hydrogen-bond donors (Lipinski definition) is 2. The lowest BCUT2D eigenvalue weighted by Crippen LogP contribution is -1.81. The predicted octanol–water partition coefficient (Wildman–Crippen LogP) is 0.300. The lowest BCUT2D eigenvalue weighted by Gasteiger charge is -1.75. The van der Waals surface area contributed by atoms with Gasteiger partial charge in [0.1, 0.15) is 11.6 Å². The number of nitrogens with one attached hydrogen (secondary N) is 1. The van der Waals surface area contributed by atoms with Crippen LogP contribution in [0.4, 0.5) is 5.82 Å². The Balaban J connectivity index is 2.96. The number of aryl methyl sites for hydroxylation is 1. The Labute approximate surface area is 45.8 Å². The third-order valence-electron chi connectivity index (χ3n) is 0.595. The fourth-order valence-corrected chi connectivity index (χ4v) is 0.335. The highest BCUT2D eigenvalue weighted by molar-refractivity contribution is 5.23. The molecule has 3 N–H and O–H groups in total. The van der Waals surface area contributed by atoms with Crippen molar-refractivity contribution >= 4 is 5.82 Å². The zero-order chi connectivity index (χ0) is 7.78. The summed E-state index contributed by atoms with van der Waals surface area (Å²) in [6, 6.07) is 0. The second kappa shape index (κ2) is 1.26. The van der Waals surface area contributed by atoms with E-state index < -0.39 is 6.85 Å². The van der Waals surface area contributed by atoms with Gasteiger partial charge in [-0.05, 0) is 6.85 Å². The average molecular weight is 100 g/mol. The zero-order valence-electron chi connectivity index (χ0n) is 6.60. The molecule has 0 aromatic carbocycles. The summed E-state index contributed by atoms with van der Waals surface area (Å²) in [7, 11) is 0. The van der Waals surface area contributed by atoms with E-state index in [1.165, 1.54) is 6.20 Å². The minimum Gasteiger partial charge on any atom is -0.384 e. The van der Waals surface area contributed by atoms with Crippen molar-refractivity contribution in [1.29, 1.82) is 0 Å². The van der Waals surface area contributed by atoms with Gasteiger partial charge in [0.2, 0.25) is 0 Å². The highest BCUT2D eigenvalue weighted by atomic mass is 15.0. The van der Waals surface area contributed by atoms with Gasteiger partial charge < -0.3 is 10.7 Å². The first-order chi connectivity index (χ1) is 4.50. The molecule has 0 atom stereocenters. The summed E-state index contributed by atoms with van der Waals surface area (Å²) in [4.78, 5) is 5.96. The van der Waals surface area contributed by atoms with Gasteiger partial charge in [0.15, 0.2) is 0 Å². The molecule has 0 radical (unpaired) electrons. The average Bonchev–Trinajstić information content (AvgIpc) is 2.11. The van der Waals surface area contributed by atoms with Crippen molar-refractivity contribution < 1.29 is 4.11 Å². The van der Waals surface area contributed by atoms with E-state index in [9.17, 15) is 0 Å². The maximum absolute atomic E-state index is 6.87. The standard InChI is InChI=1S/C4H7N3/c1-3-6-2-4(5)7-3/h2H,5H2,1H3,(H,6,7)/i1D3. The summed E-state index contributed by atoms with van der Waals surface area (Å²) in [6.07, 6.45) is 1.28. The van der Waals surface area contributed by atoms with E-state index in [0.29, 0.717) is 0 Å². The predicted molar refractivity (Wildman–Crippen MR) is 27.7 cm³/mol. The first-order valence-corrected chi connectivity index (χ1v) is 1.81. The Morgan fingerprint density at radius 1 is 2.14 bits per heavy atom. The maximum Gasteiger partial charge on any atom is 0.120 e. The van der Waals surface area contributed by atoms with Crippen LogP contribution in [0.3, 0.4) is 0 Å². The molecule has 0 aliphatic carbocycles. The number of aromatic amines is 1. The van der Waals surface area contributed by atoms with Crippen molar-refractivity contribution in [3.05, 3.63) is 12.0 Å². The number of rotatable bonds is 0. The van der Waals surface area contributed by atoms with Gasteiger partial charge in [-0.1, -0.05) is 0 Å². The largest absolute Gasteiger partial charge is 0.384 e. The Morgan fingerprint density at radius 3 is 3.29 bits per heavy atom. The van der Waals surface area contributed by atoms with Crippen LogP contribution in [-0.4, -0.2) is 9.97 Å². The molecule has 38 valence electrons. The molecule has 1 aromatic rings. The molecule has 0 unspecified atom stereocenters. The number of nitrogens with two attached hydrogens (primary N) is 1. The number of hydrogen-bond acceptors (Lipinski definition) is 2. The smallest absolute Gasteiger partial charge is 0.120 e. The highest BCUT2D eigenvalue weighted by Crippen LogP contribution is 1.92. The van der Waals surface area contributed by atoms with Gasteiger partial charge in [0, 0.05) is 4.11 Å². The summed E-state index contributed by atoms with van der Waals surface area (Å²) in [5, 5.41) is 0. The van der Waals surface area contributed by atoms with E-state index in [-0.39, 0.29) is 11.6 Å². The van der Waals surface area contributed by atoms with E-state index in [2.05, 4.69) is 9.97 Å². The molecule has 7 heavy (non-hydrogen) atoms. The molecule has 0 amide bonds. The van der Waals surface area contributed by atoms with E-state index in [1.807, 2.05) is 0 Å². The fraction of sp³-hybridized carbons (Fsp3) is 0.250. The van der Waals surface area contributed by atoms with Crippen LogP contribution in [0.25, 0.3) is 0 Å². The maximum atomic E-state index is 6.87. The van der Waals surface area contributed by atoms with E-state index in [4.69, 9.17) is 9.85 Å². The van der Waals surface area contributed by atoms with Gasteiger partial charge in [0.05, 0.1) is 6.20 Å². The van der Waals surface area contributed by atoms with Crippen LogP contribution in [-0.2, 0) is 0 Å². The zero-order valence-corrected chi connectivity index (χ0v) is 3.60. The molecular weight excluding hydrogens is 90.1 g/mol. The SMILES string of the molecule is [2H]C([2H])([2H])c1ncc(N)[nH]1. The van der Waals surface area contributed by atoms with Crippen molar-refractivity contribution in [2.75, 3.05) is 5.73 Å². The summed E-state index contributed by atoms with van der Waals surface area (Å²) < 4.78 is 20.6. The number of aromatic nitrogens is 2. The van der Waals surface area contributed by atoms with Crippen molar-refractivity contribution in [1.82, 2.24) is 9.97 Å². The normalized spacial score (nSPS) is 17.4. The highest BCUT2D eigenvalue weighted by Gasteiger charge is 1.84. The molecule has 1 rings (SSSR count). The first-order valence-electron chi connectivity index (χ1n) is 3.31. The Morgan fingerprint density at radius 2 is 3.00 bits per heavy atom. The molecule has 1 heterocycles. The van der Waals surface area contributed by atoms with Crippen LogP contribution in [0, 0.1) is 6.85 Å². The van der Waals surface area contributed by atoms with Gasteiger partial charge in [-0.2, -0.15) is 0 Å². The summed E-state index contributed by atoms with van der Waals surface area (Å²) in [6.45, 7) is -2.18. The Kier molecular flexibility index (Phi) is 0.333. The lowest BCUT2D eigenvalue weighted by atomic mass is 10.8. The molecule has 0 bridgehead atoms. The quantitative estimate of drug-likeness (QED) is 0.492. The van der Waals surface area contributed by atoms with Gasteiger partial charge in [-0.3, -0.25) is 0 Å². The summed E-state index contributed by atoms with van der Waals surface area (Å²) in [5.74, 6) is 0.205. The molecule has 0 aliphatic heterocycles. The fourth-order valence-electron chi connectivity index (χ4n) is 0.335. The Bertz CT molecular complexity index is 226. The molecule has 0 aliphatic rings. The van der Waals surface area contributed by atoms with Gasteiger partial charge >= 0.3 is 0 Å². The number of anilines is 1. The second-order valence-electron chi connectivity index (χ2n) is 1.19. The van der Waals surface area contributed by atoms with Crippen LogP contribution in [0.2, 0.25) is 0 Å². The number of nitrogens with zero attached hydrogens (tertiary/aromatic N) is 1. The van der Waals surface area contributed by atoms with Crippen molar-refractivity contribution in [3.63, 3.8) is 0 Å². The third kappa shape index (κ3) is 0.707. The third-order valence-corrected chi connectivity index (χ3v) is 0.595. The number of nitrogen functional groups attached to an aromatic ring is 1. The van der Waals surface area contributed by atoms with Crippen molar-refractivity contribution in [2.45, 2.75) is 6.85 Å². The van der Waals surface area contributed by atoms with Crippen LogP contribution in [0.1, 0.15) is 9.94 Å². The first kappa shape index (κ1) is 1.86. The summed E-state index contributed by atoms with van der Waals surface area (Å²) in [5.41, 5.74) is 5.21. The minimum absolute atomic E-state index is 0.0648. The molecule has 0 saturated heterocycles. The topological polar surface area (TPSA) is 54.7 Å². The molecule has 0 fully saturated rings. The van der Waals surface area contributed by atoms with Gasteiger partial charge in [0.25, 0.3) is 0 Å². The van der Waals surface area contributed by atoms with Crippen LogP contribution < -0.4 is 5.73 Å². The summed E-state index contributed by atoms with van der Waals surface area (Å²) >= 11 is 0. The lowest BCUT2D eigenvalue weighted by molar-refractivity contribution is 1.15. The molecule has 1 aromatic heterocycles. The van der Waals surface area contributed by atoms with Crippen LogP contribution >= 0.6 is 0 Å². The van der Waals surface area contributed by atoms with Gasteiger partial charge in [-0.15, -0.1) is 0 Å². The van der Waals surface area contributed by atoms with Crippen molar-refractivity contribution in [3.8, 4) is 0 Å². The van der Waals surface area contributed by atoms with E-state index >= 15 is 0 Å². The van der Waals surface area contributed by atoms with Crippen LogP contribution in [0.15, 0.2) is 6.20 Å². The molecule has 3 heteroatoms. The number of H-pyrrole nitrogens is 1. The molecule has 0 saturated carbocycles.